The fourth-order valence-electron chi connectivity index (χ4n) is 1.80. The minimum absolute atomic E-state index is 0.337. The van der Waals surface area contributed by atoms with Gasteiger partial charge >= 0.3 is 0 Å². The van der Waals surface area contributed by atoms with Crippen LogP contribution in [-0.2, 0) is 0 Å². The largest absolute Gasteiger partial charge is 0.310 e. The van der Waals surface area contributed by atoms with E-state index >= 15 is 0 Å². The first kappa shape index (κ1) is 14.9. The molecule has 0 spiro atoms. The van der Waals surface area contributed by atoms with Crippen molar-refractivity contribution < 1.29 is 0 Å². The highest BCUT2D eigenvalue weighted by atomic mass is 35.5. The lowest BCUT2D eigenvalue weighted by atomic mass is 10.1. The third-order valence-electron chi connectivity index (χ3n) is 2.85. The highest BCUT2D eigenvalue weighted by Gasteiger charge is 2.07. The van der Waals surface area contributed by atoms with Gasteiger partial charge in [0.1, 0.15) is 0 Å². The van der Waals surface area contributed by atoms with Gasteiger partial charge in [-0.25, -0.2) is 0 Å². The normalized spacial score (nSPS) is 12.6. The molecule has 1 aromatic rings. The van der Waals surface area contributed by atoms with E-state index in [-0.39, 0.29) is 0 Å². The zero-order valence-electron chi connectivity index (χ0n) is 10.7. The van der Waals surface area contributed by atoms with E-state index < -0.39 is 0 Å². The van der Waals surface area contributed by atoms with Crippen molar-refractivity contribution >= 4 is 23.4 Å². The molecular weight excluding hydrogens is 250 g/mol. The fourth-order valence-corrected chi connectivity index (χ4v) is 2.60. The van der Waals surface area contributed by atoms with Crippen molar-refractivity contribution in [1.29, 1.82) is 0 Å². The summed E-state index contributed by atoms with van der Waals surface area (Å²) in [5.74, 6) is 1.28. The maximum absolute atomic E-state index is 6.16. The van der Waals surface area contributed by atoms with E-state index in [1.165, 1.54) is 30.6 Å². The third-order valence-corrected chi connectivity index (χ3v) is 3.89. The molecule has 0 amide bonds. The Hall–Kier alpha value is -0.180. The molecule has 3 heteroatoms. The van der Waals surface area contributed by atoms with Crippen LogP contribution in [0.5, 0.6) is 0 Å². The number of hydrogen-bond acceptors (Lipinski definition) is 2. The molecule has 0 aromatic heterocycles. The van der Waals surface area contributed by atoms with Crippen molar-refractivity contribution in [2.45, 2.75) is 32.2 Å². The van der Waals surface area contributed by atoms with Gasteiger partial charge in [-0.1, -0.05) is 36.2 Å². The molecule has 17 heavy (non-hydrogen) atoms. The minimum atomic E-state index is 0.337. The van der Waals surface area contributed by atoms with E-state index in [1.54, 1.807) is 0 Å². The van der Waals surface area contributed by atoms with Gasteiger partial charge in [0.25, 0.3) is 0 Å². The SMILES string of the molecule is CSCCCCCNC(C)c1ccccc1Cl. The average Bonchev–Trinajstić information content (AvgIpc) is 2.34. The van der Waals surface area contributed by atoms with Crippen LogP contribution in [0.2, 0.25) is 5.02 Å². The van der Waals surface area contributed by atoms with Gasteiger partial charge < -0.3 is 5.32 Å². The van der Waals surface area contributed by atoms with Crippen molar-refractivity contribution in [3.63, 3.8) is 0 Å². The van der Waals surface area contributed by atoms with Gasteiger partial charge in [-0.2, -0.15) is 11.8 Å². The van der Waals surface area contributed by atoms with Gasteiger partial charge in [0.2, 0.25) is 0 Å². The van der Waals surface area contributed by atoms with Crippen molar-refractivity contribution in [2.75, 3.05) is 18.6 Å². The van der Waals surface area contributed by atoms with Crippen LogP contribution >= 0.6 is 23.4 Å². The van der Waals surface area contributed by atoms with Gasteiger partial charge in [-0.3, -0.25) is 0 Å². The van der Waals surface area contributed by atoms with Crippen LogP contribution in [-0.4, -0.2) is 18.6 Å². The summed E-state index contributed by atoms with van der Waals surface area (Å²) >= 11 is 8.08. The van der Waals surface area contributed by atoms with Crippen LogP contribution in [0.15, 0.2) is 24.3 Å². The van der Waals surface area contributed by atoms with Gasteiger partial charge in [0.05, 0.1) is 0 Å². The maximum atomic E-state index is 6.16. The Labute approximate surface area is 114 Å². The molecule has 96 valence electrons. The lowest BCUT2D eigenvalue weighted by molar-refractivity contribution is 0.545. The molecule has 0 saturated carbocycles. The number of unbranched alkanes of at least 4 members (excludes halogenated alkanes) is 2. The van der Waals surface area contributed by atoms with Crippen LogP contribution in [0.3, 0.4) is 0 Å². The van der Waals surface area contributed by atoms with E-state index in [4.69, 9.17) is 11.6 Å². The zero-order chi connectivity index (χ0) is 12.5. The summed E-state index contributed by atoms with van der Waals surface area (Å²) in [6.45, 7) is 3.24. The number of thioether (sulfide) groups is 1. The number of benzene rings is 1. The highest BCUT2D eigenvalue weighted by molar-refractivity contribution is 7.98. The Bertz CT molecular complexity index is 317. The number of hydrogen-bond donors (Lipinski definition) is 1. The quantitative estimate of drug-likeness (QED) is 0.698. The van der Waals surface area contributed by atoms with E-state index in [9.17, 15) is 0 Å². The Balaban J connectivity index is 2.21. The van der Waals surface area contributed by atoms with Gasteiger partial charge in [-0.05, 0) is 49.9 Å². The molecule has 1 nitrogen and oxygen atoms in total. The topological polar surface area (TPSA) is 12.0 Å². The summed E-state index contributed by atoms with van der Waals surface area (Å²) < 4.78 is 0. The summed E-state index contributed by atoms with van der Waals surface area (Å²) in [6.07, 6.45) is 6.04. The van der Waals surface area contributed by atoms with Gasteiger partial charge in [-0.15, -0.1) is 0 Å². The molecule has 1 atom stereocenters. The van der Waals surface area contributed by atoms with Gasteiger partial charge in [0, 0.05) is 11.1 Å². The number of rotatable bonds is 8. The summed E-state index contributed by atoms with van der Waals surface area (Å²) in [7, 11) is 0. The minimum Gasteiger partial charge on any atom is -0.310 e. The second-order valence-electron chi connectivity index (χ2n) is 4.25. The Kier molecular flexibility index (Phi) is 7.74. The Morgan fingerprint density at radius 3 is 2.71 bits per heavy atom. The molecule has 0 fully saturated rings. The summed E-state index contributed by atoms with van der Waals surface area (Å²) in [5, 5.41) is 4.38. The van der Waals surface area contributed by atoms with Crippen molar-refractivity contribution in [3.8, 4) is 0 Å². The number of nitrogens with one attached hydrogen (secondary N) is 1. The smallest absolute Gasteiger partial charge is 0.0453 e. The van der Waals surface area contributed by atoms with E-state index in [1.807, 2.05) is 30.0 Å². The molecule has 0 aliphatic rings. The van der Waals surface area contributed by atoms with Crippen LogP contribution in [0.1, 0.15) is 37.8 Å². The molecule has 0 radical (unpaired) electrons. The van der Waals surface area contributed by atoms with Crippen molar-refractivity contribution in [3.05, 3.63) is 34.9 Å². The molecule has 0 aliphatic heterocycles. The molecule has 1 N–H and O–H groups in total. The number of halogens is 1. The average molecular weight is 272 g/mol. The summed E-state index contributed by atoms with van der Waals surface area (Å²) in [6, 6.07) is 8.39. The molecule has 0 heterocycles. The second-order valence-corrected chi connectivity index (χ2v) is 5.64. The predicted molar refractivity (Wildman–Crippen MR) is 80.1 cm³/mol. The standard InChI is InChI=1S/C14H22ClNS/c1-12(13-8-4-5-9-14(13)15)16-10-6-3-7-11-17-2/h4-5,8-9,12,16H,3,6-7,10-11H2,1-2H3. The third kappa shape index (κ3) is 5.80. The monoisotopic (exact) mass is 271 g/mol. The van der Waals surface area contributed by atoms with E-state index in [0.29, 0.717) is 6.04 Å². The lowest BCUT2D eigenvalue weighted by Gasteiger charge is -2.15. The Morgan fingerprint density at radius 2 is 2.00 bits per heavy atom. The Morgan fingerprint density at radius 1 is 1.24 bits per heavy atom. The first-order valence-corrected chi connectivity index (χ1v) is 7.99. The van der Waals surface area contributed by atoms with Crippen LogP contribution in [0.25, 0.3) is 0 Å². The molecule has 1 rings (SSSR count). The first-order valence-electron chi connectivity index (χ1n) is 6.22. The predicted octanol–water partition coefficient (Wildman–Crippen LogP) is 4.52. The first-order chi connectivity index (χ1) is 8.25. The molecular formula is C14H22ClNS. The zero-order valence-corrected chi connectivity index (χ0v) is 12.3. The molecule has 1 aromatic carbocycles. The summed E-state index contributed by atoms with van der Waals surface area (Å²) in [4.78, 5) is 0. The van der Waals surface area contributed by atoms with Crippen LogP contribution in [0, 0.1) is 0 Å². The second kappa shape index (κ2) is 8.84. The fraction of sp³-hybridized carbons (Fsp3) is 0.571. The van der Waals surface area contributed by atoms with Crippen molar-refractivity contribution in [2.24, 2.45) is 0 Å². The van der Waals surface area contributed by atoms with E-state index in [0.717, 1.165) is 11.6 Å². The molecule has 0 saturated heterocycles. The molecule has 0 aliphatic carbocycles. The lowest BCUT2D eigenvalue weighted by Crippen LogP contribution is -2.20. The van der Waals surface area contributed by atoms with Crippen LogP contribution in [0.4, 0.5) is 0 Å². The van der Waals surface area contributed by atoms with Gasteiger partial charge in [0.15, 0.2) is 0 Å². The molecule has 1 unspecified atom stereocenters. The van der Waals surface area contributed by atoms with Crippen LogP contribution < -0.4 is 5.32 Å². The highest BCUT2D eigenvalue weighted by Crippen LogP contribution is 2.21. The maximum Gasteiger partial charge on any atom is 0.0453 e. The van der Waals surface area contributed by atoms with E-state index in [2.05, 4.69) is 24.6 Å². The summed E-state index contributed by atoms with van der Waals surface area (Å²) in [5.41, 5.74) is 1.19. The van der Waals surface area contributed by atoms with Crippen molar-refractivity contribution in [1.82, 2.24) is 5.32 Å². The molecule has 0 bridgehead atoms.